The van der Waals surface area contributed by atoms with Gasteiger partial charge in [-0.3, -0.25) is 48.5 Å². The highest BCUT2D eigenvalue weighted by molar-refractivity contribution is 5.95. The van der Waals surface area contributed by atoms with Crippen molar-refractivity contribution >= 4 is 46.8 Å². The number of nitrogens with zero attached hydrogens (tertiary/aromatic N) is 11. The number of likely N-dealkylation sites (tertiary alicyclic amines) is 2. The lowest BCUT2D eigenvalue weighted by molar-refractivity contribution is -0.121. The Morgan fingerprint density at radius 1 is 0.505 bits per heavy atom. The van der Waals surface area contributed by atoms with Crippen molar-refractivity contribution in [3.63, 3.8) is 0 Å². The van der Waals surface area contributed by atoms with E-state index >= 15 is 0 Å². The second kappa shape index (κ2) is 36.7. The number of aromatic amines is 4. The lowest BCUT2D eigenvalue weighted by Crippen LogP contribution is -2.39. The van der Waals surface area contributed by atoms with Crippen LogP contribution in [0, 0.1) is 34.6 Å². The van der Waals surface area contributed by atoms with E-state index in [0.29, 0.717) is 174 Å². The molecule has 4 N–H and O–H groups in total. The Kier molecular flexibility index (Phi) is 26.9. The standard InChI is InChI=1S/C23H30N4O2.C20H24N4O4.C18H26N4O3.C16H19N3O2/c1-17(27-11-10-20(16-27)19-6-4-3-5-7-19)8-9-21-18(2)24-23(25-22(21)28)26-12-14-29-15-13-26;1-14-15(19(26)22-20(21-14)23-8-11-27-12-9-23)6-7-18(25)24-10-13-28-17-5-3-2-4-16(17)24;1-13(22-7-3-4-15(23)12-22)5-6-16-14(2)19-18(20-17(16)24)21-8-10-25-11-9-21;1-11-14(16(21)18-12(2)17-11)9-10-15(20)19(3)13-7-5-4-6-8-13/h3-7,20H,1,8-16H2,2H3,(H,24,25,28);2-5H,6-13H2,1H3,(H,21,22,26);1,3-12H2,2H3,(H,19,20,24);4-8H,9-10H2,1-3H3,(H,17,18,21). The third-order valence-corrected chi connectivity index (χ3v) is 19.6. The zero-order valence-electron chi connectivity index (χ0n) is 60.5. The maximum Gasteiger partial charge on any atom is 0.255 e. The smallest absolute Gasteiger partial charge is 0.255 e. The molecule has 0 spiro atoms. The Balaban J connectivity index is 0.000000149. The first kappa shape index (κ1) is 75.6. The number of nitrogens with one attached hydrogen (secondary N) is 4. The number of Topliss-reactive ketones (excluding diaryl/α,β-unsaturated/α-hetero) is 1. The highest BCUT2D eigenvalue weighted by Gasteiger charge is 2.28. The highest BCUT2D eigenvalue weighted by atomic mass is 16.5. The van der Waals surface area contributed by atoms with Gasteiger partial charge < -0.3 is 58.2 Å². The first-order valence-corrected chi connectivity index (χ1v) is 35.9. The molecule has 5 saturated heterocycles. The van der Waals surface area contributed by atoms with Gasteiger partial charge in [-0.25, -0.2) is 19.9 Å². The van der Waals surface area contributed by atoms with Gasteiger partial charge in [0.1, 0.15) is 18.2 Å². The fraction of sp³-hybridized carbons (Fsp3) is 0.468. The number of hydrogen-bond acceptors (Lipinski definition) is 20. The Morgan fingerprint density at radius 3 is 1.45 bits per heavy atom. The SMILES string of the molecule is C=C(CCc1c(C)nc(N2CCOCC2)[nH]c1=O)N1CCC(c2ccccc2)C1.C=C(CCc1c(C)nc(N2CCOCC2)[nH]c1=O)N1CCCC(=O)C1.Cc1nc(C)c(CCC(=O)N(C)c2ccccc2)c(=O)[nH]1.Cc1nc(N2CCOCC2)[nH]c(=O)c1CCC(=O)N1CCOc2ccccc21. The number of benzene rings is 3. The van der Waals surface area contributed by atoms with E-state index in [1.54, 1.807) is 30.7 Å². The minimum atomic E-state index is -0.177. The number of anilines is 5. The van der Waals surface area contributed by atoms with E-state index in [-0.39, 0.29) is 52.7 Å². The van der Waals surface area contributed by atoms with Crippen LogP contribution in [0.2, 0.25) is 0 Å². The third-order valence-electron chi connectivity index (χ3n) is 19.6. The molecule has 13 rings (SSSR count). The summed E-state index contributed by atoms with van der Waals surface area (Å²) in [6, 6.07) is 27.6. The molecular formula is C77H99N15O11. The van der Waals surface area contributed by atoms with Gasteiger partial charge in [0.15, 0.2) is 5.78 Å². The van der Waals surface area contributed by atoms with E-state index in [1.807, 2.05) is 90.1 Å². The number of hydrogen-bond donors (Lipinski definition) is 4. The molecule has 3 aromatic carbocycles. The van der Waals surface area contributed by atoms with Gasteiger partial charge in [-0.1, -0.05) is 73.8 Å². The first-order chi connectivity index (χ1) is 49.8. The third kappa shape index (κ3) is 20.6. The number of aryl methyl sites for hydroxylation is 5. The summed E-state index contributed by atoms with van der Waals surface area (Å²) in [5, 5.41) is 0. The summed E-state index contributed by atoms with van der Waals surface area (Å²) in [5.74, 6) is 3.93. The number of carbonyl (C=O) groups excluding carboxylic acids is 3. The van der Waals surface area contributed by atoms with E-state index in [2.05, 4.69) is 93.2 Å². The molecule has 10 heterocycles. The molecule has 7 aromatic rings. The van der Waals surface area contributed by atoms with Crippen molar-refractivity contribution in [2.45, 2.75) is 111 Å². The minimum Gasteiger partial charge on any atom is -0.490 e. The molecule has 548 valence electrons. The van der Waals surface area contributed by atoms with Crippen LogP contribution in [0.1, 0.15) is 107 Å². The quantitative estimate of drug-likeness (QED) is 0.0626. The minimum absolute atomic E-state index is 0.0215. The number of ether oxygens (including phenoxy) is 4. The monoisotopic (exact) mass is 1410 g/mol. The van der Waals surface area contributed by atoms with Gasteiger partial charge in [0.05, 0.1) is 58.4 Å². The molecule has 26 heteroatoms. The van der Waals surface area contributed by atoms with Gasteiger partial charge in [0, 0.05) is 153 Å². The number of allylic oxidation sites excluding steroid dienone is 2. The number of rotatable bonds is 19. The summed E-state index contributed by atoms with van der Waals surface area (Å²) in [6.07, 6.45) is 6.67. The lowest BCUT2D eigenvalue weighted by atomic mass is 9.99. The topological polar surface area (TPSA) is 294 Å². The molecule has 6 aliphatic heterocycles. The Labute approximate surface area is 601 Å². The van der Waals surface area contributed by atoms with E-state index in [1.165, 1.54) is 5.56 Å². The summed E-state index contributed by atoms with van der Waals surface area (Å²) in [4.78, 5) is 130. The predicted octanol–water partition coefficient (Wildman–Crippen LogP) is 7.13. The van der Waals surface area contributed by atoms with Crippen molar-refractivity contribution in [1.82, 2.24) is 49.7 Å². The lowest BCUT2D eigenvalue weighted by Gasteiger charge is -2.29. The van der Waals surface area contributed by atoms with Crippen molar-refractivity contribution in [3.8, 4) is 5.75 Å². The number of aromatic nitrogens is 8. The van der Waals surface area contributed by atoms with Gasteiger partial charge in [0.25, 0.3) is 22.2 Å². The predicted molar refractivity (Wildman–Crippen MR) is 399 cm³/mol. The van der Waals surface area contributed by atoms with E-state index in [9.17, 15) is 33.6 Å². The van der Waals surface area contributed by atoms with Crippen molar-refractivity contribution in [2.24, 2.45) is 0 Å². The molecule has 103 heavy (non-hydrogen) atoms. The van der Waals surface area contributed by atoms with Gasteiger partial charge in [0.2, 0.25) is 29.7 Å². The summed E-state index contributed by atoms with van der Waals surface area (Å²) in [5.41, 5.74) is 10.1. The maximum atomic E-state index is 12.8. The van der Waals surface area contributed by atoms with Gasteiger partial charge in [-0.15, -0.1) is 0 Å². The number of fused-ring (bicyclic) bond motifs is 1. The van der Waals surface area contributed by atoms with Gasteiger partial charge >= 0.3 is 0 Å². The second-order valence-electron chi connectivity index (χ2n) is 26.6. The van der Waals surface area contributed by atoms with Crippen LogP contribution in [0.3, 0.4) is 0 Å². The molecule has 1 atom stereocenters. The number of amides is 2. The highest BCUT2D eigenvalue weighted by Crippen LogP contribution is 2.33. The molecule has 6 aliphatic rings. The number of morpholine rings is 3. The van der Waals surface area contributed by atoms with Crippen molar-refractivity contribution < 1.29 is 33.3 Å². The Hall–Kier alpha value is -10.1. The van der Waals surface area contributed by atoms with Crippen LogP contribution in [0.15, 0.2) is 129 Å². The molecule has 1 unspecified atom stereocenters. The number of para-hydroxylation sites is 3. The molecule has 2 amide bonds. The summed E-state index contributed by atoms with van der Waals surface area (Å²) >= 11 is 0. The van der Waals surface area contributed by atoms with Gasteiger partial charge in [-0.05, 0) is 116 Å². The number of ketones is 1. The number of H-pyrrole nitrogens is 4. The molecular weight excluding hydrogens is 1310 g/mol. The zero-order valence-corrected chi connectivity index (χ0v) is 60.5. The molecule has 0 aliphatic carbocycles. The van der Waals surface area contributed by atoms with E-state index < -0.39 is 0 Å². The van der Waals surface area contributed by atoms with Crippen molar-refractivity contribution in [2.75, 3.05) is 150 Å². The summed E-state index contributed by atoms with van der Waals surface area (Å²) < 4.78 is 21.7. The van der Waals surface area contributed by atoms with Crippen LogP contribution in [-0.4, -0.2) is 193 Å². The second-order valence-corrected chi connectivity index (χ2v) is 26.6. The molecule has 26 nitrogen and oxygen atoms in total. The summed E-state index contributed by atoms with van der Waals surface area (Å²) in [6.45, 7) is 30.2. The van der Waals surface area contributed by atoms with E-state index in [4.69, 9.17) is 18.9 Å². The molecule has 4 aromatic heterocycles. The van der Waals surface area contributed by atoms with Crippen LogP contribution in [0.4, 0.5) is 29.2 Å². The molecule has 0 saturated carbocycles. The first-order valence-electron chi connectivity index (χ1n) is 35.9. The van der Waals surface area contributed by atoms with Crippen LogP contribution in [0.5, 0.6) is 5.75 Å². The van der Waals surface area contributed by atoms with E-state index in [0.717, 1.165) is 105 Å². The summed E-state index contributed by atoms with van der Waals surface area (Å²) in [7, 11) is 1.74. The number of piperidine rings is 1. The van der Waals surface area contributed by atoms with Crippen LogP contribution in [-0.2, 0) is 54.3 Å². The zero-order chi connectivity index (χ0) is 72.9. The fourth-order valence-electron chi connectivity index (χ4n) is 13.5. The normalized spacial score (nSPS) is 16.6. The molecule has 0 bridgehead atoms. The van der Waals surface area contributed by atoms with Gasteiger partial charge in [-0.2, -0.15) is 0 Å². The van der Waals surface area contributed by atoms with Crippen LogP contribution in [0.25, 0.3) is 0 Å². The number of carbonyl (C=O) groups is 3. The average molecular weight is 1410 g/mol. The Bertz CT molecular complexity index is 4310. The Morgan fingerprint density at radius 2 is 0.951 bits per heavy atom. The average Bonchev–Trinajstić information content (AvgIpc) is 1.31. The fourth-order valence-corrected chi connectivity index (χ4v) is 13.5. The van der Waals surface area contributed by atoms with Crippen molar-refractivity contribution in [3.05, 3.63) is 207 Å². The maximum absolute atomic E-state index is 12.8. The largest absolute Gasteiger partial charge is 0.490 e. The van der Waals surface area contributed by atoms with Crippen LogP contribution >= 0.6 is 0 Å². The van der Waals surface area contributed by atoms with Crippen LogP contribution < -0.4 is 51.5 Å². The van der Waals surface area contributed by atoms with Crippen molar-refractivity contribution in [1.29, 1.82) is 0 Å². The molecule has 5 fully saturated rings. The molecule has 0 radical (unpaired) electrons.